The van der Waals surface area contributed by atoms with Crippen molar-refractivity contribution in [1.82, 2.24) is 19.7 Å². The Bertz CT molecular complexity index is 685. The summed E-state index contributed by atoms with van der Waals surface area (Å²) in [6, 6.07) is 3.07. The predicted molar refractivity (Wildman–Crippen MR) is 84.4 cm³/mol. The average Bonchev–Trinajstić information content (AvgIpc) is 2.99. The van der Waals surface area contributed by atoms with Gasteiger partial charge in [-0.05, 0) is 51.4 Å². The Morgan fingerprint density at radius 3 is 2.95 bits per heavy atom. The summed E-state index contributed by atoms with van der Waals surface area (Å²) in [7, 11) is 4.27. The number of hydrogen-bond donors (Lipinski definition) is 0. The highest BCUT2D eigenvalue weighted by Crippen LogP contribution is 2.48. The smallest absolute Gasteiger partial charge is 0.157 e. The lowest BCUT2D eigenvalue weighted by molar-refractivity contribution is 0.182. The summed E-state index contributed by atoms with van der Waals surface area (Å²) in [6.45, 7) is 3.30. The van der Waals surface area contributed by atoms with Crippen molar-refractivity contribution in [2.24, 2.45) is 7.05 Å². The van der Waals surface area contributed by atoms with Crippen LogP contribution in [0.5, 0.6) is 0 Å². The first-order chi connectivity index (χ1) is 10.1. The fraction of sp³-hybridized carbons (Fsp3) is 0.647. The quantitative estimate of drug-likeness (QED) is 0.807. The Hall–Kier alpha value is -1.42. The number of likely N-dealkylation sites (N-methyl/N-ethyl adjacent to an activating group) is 1. The molecule has 0 aromatic carbocycles. The third-order valence-electron chi connectivity index (χ3n) is 5.87. The topological polar surface area (TPSA) is 34.0 Å². The number of likely N-dealkylation sites (tertiary alicyclic amines) is 1. The molecule has 1 saturated carbocycles. The van der Waals surface area contributed by atoms with E-state index in [9.17, 15) is 0 Å². The largest absolute Gasteiger partial charge is 0.302 e. The van der Waals surface area contributed by atoms with Crippen LogP contribution in [0.2, 0.25) is 0 Å². The highest BCUT2D eigenvalue weighted by Gasteiger charge is 2.48. The van der Waals surface area contributed by atoms with Gasteiger partial charge in [-0.25, -0.2) is 4.98 Å². The van der Waals surface area contributed by atoms with Gasteiger partial charge in [0.05, 0.1) is 5.69 Å². The van der Waals surface area contributed by atoms with Crippen LogP contribution in [0, 0.1) is 6.92 Å². The Kier molecular flexibility index (Phi) is 2.86. The van der Waals surface area contributed by atoms with E-state index in [1.54, 1.807) is 0 Å². The lowest BCUT2D eigenvalue weighted by atomic mass is 9.66. The van der Waals surface area contributed by atoms with Crippen molar-refractivity contribution in [2.45, 2.75) is 50.5 Å². The van der Waals surface area contributed by atoms with Crippen LogP contribution in [0.25, 0.3) is 11.0 Å². The summed E-state index contributed by atoms with van der Waals surface area (Å²) in [5, 5.41) is 5.74. The molecule has 1 aliphatic carbocycles. The molecular weight excluding hydrogens is 260 g/mol. The minimum atomic E-state index is 0.330. The van der Waals surface area contributed by atoms with Crippen LogP contribution in [0.4, 0.5) is 0 Å². The fourth-order valence-electron chi connectivity index (χ4n) is 4.75. The van der Waals surface area contributed by atoms with E-state index in [2.05, 4.69) is 36.2 Å². The van der Waals surface area contributed by atoms with E-state index < -0.39 is 0 Å². The van der Waals surface area contributed by atoms with Crippen LogP contribution in [-0.2, 0) is 12.5 Å². The van der Waals surface area contributed by atoms with Crippen molar-refractivity contribution in [1.29, 1.82) is 0 Å². The number of hydrogen-bond acceptors (Lipinski definition) is 3. The van der Waals surface area contributed by atoms with Crippen LogP contribution >= 0.6 is 0 Å². The minimum absolute atomic E-state index is 0.330. The summed E-state index contributed by atoms with van der Waals surface area (Å²) in [6.07, 6.45) is 8.78. The molecule has 0 N–H and O–H groups in total. The number of pyridine rings is 1. The predicted octanol–water partition coefficient (Wildman–Crippen LogP) is 2.79. The van der Waals surface area contributed by atoms with Gasteiger partial charge in [-0.2, -0.15) is 5.10 Å². The zero-order valence-electron chi connectivity index (χ0n) is 13.3. The third kappa shape index (κ3) is 1.78. The Morgan fingerprint density at radius 1 is 1.24 bits per heavy atom. The standard InChI is InChI=1S/C17H24N4/c1-12-14-10-13(11-18-16(14)21(3)19-12)17-7-5-4-6-15(17)20(2)9-8-17/h10-11,15H,4-9H2,1-3H3/t15-,17-/m0/s1. The molecule has 0 radical (unpaired) electrons. The molecule has 2 aliphatic rings. The molecule has 2 fully saturated rings. The van der Waals surface area contributed by atoms with E-state index in [0.717, 1.165) is 11.3 Å². The van der Waals surface area contributed by atoms with Crippen LogP contribution in [-0.4, -0.2) is 39.3 Å². The minimum Gasteiger partial charge on any atom is -0.302 e. The molecule has 2 aromatic rings. The second-order valence-corrected chi connectivity index (χ2v) is 6.95. The summed E-state index contributed by atoms with van der Waals surface area (Å²) in [5.74, 6) is 0. The monoisotopic (exact) mass is 284 g/mol. The normalized spacial score (nSPS) is 30.0. The van der Waals surface area contributed by atoms with Crippen molar-refractivity contribution >= 4 is 11.0 Å². The second-order valence-electron chi connectivity index (χ2n) is 6.95. The first kappa shape index (κ1) is 13.3. The molecule has 0 bridgehead atoms. The molecule has 2 atom stereocenters. The zero-order valence-corrected chi connectivity index (χ0v) is 13.3. The molecule has 0 unspecified atom stereocenters. The molecule has 2 aromatic heterocycles. The van der Waals surface area contributed by atoms with Gasteiger partial charge in [-0.15, -0.1) is 0 Å². The van der Waals surface area contributed by atoms with E-state index in [1.807, 2.05) is 11.7 Å². The number of aromatic nitrogens is 3. The summed E-state index contributed by atoms with van der Waals surface area (Å²) < 4.78 is 1.89. The first-order valence-corrected chi connectivity index (χ1v) is 8.12. The van der Waals surface area contributed by atoms with Crippen LogP contribution in [0.1, 0.15) is 43.4 Å². The molecule has 4 nitrogen and oxygen atoms in total. The maximum Gasteiger partial charge on any atom is 0.157 e. The highest BCUT2D eigenvalue weighted by molar-refractivity contribution is 5.79. The molecular formula is C17H24N4. The van der Waals surface area contributed by atoms with Gasteiger partial charge in [0.25, 0.3) is 0 Å². The molecule has 3 heterocycles. The van der Waals surface area contributed by atoms with E-state index in [4.69, 9.17) is 4.98 Å². The Morgan fingerprint density at radius 2 is 2.10 bits per heavy atom. The first-order valence-electron chi connectivity index (χ1n) is 8.12. The fourth-order valence-corrected chi connectivity index (χ4v) is 4.75. The van der Waals surface area contributed by atoms with Gasteiger partial charge in [-0.3, -0.25) is 4.68 Å². The van der Waals surface area contributed by atoms with Gasteiger partial charge < -0.3 is 4.90 Å². The molecule has 4 heteroatoms. The number of rotatable bonds is 1. The number of nitrogens with zero attached hydrogens (tertiary/aromatic N) is 4. The second kappa shape index (κ2) is 4.54. The summed E-state index contributed by atoms with van der Waals surface area (Å²) >= 11 is 0. The lowest BCUT2D eigenvalue weighted by Crippen LogP contribution is -2.43. The number of aryl methyl sites for hydroxylation is 2. The molecule has 21 heavy (non-hydrogen) atoms. The molecule has 0 spiro atoms. The molecule has 112 valence electrons. The van der Waals surface area contributed by atoms with Crippen LogP contribution in [0.3, 0.4) is 0 Å². The number of fused-ring (bicyclic) bond motifs is 2. The van der Waals surface area contributed by atoms with Gasteiger partial charge in [0.2, 0.25) is 0 Å². The molecule has 1 aliphatic heterocycles. The van der Waals surface area contributed by atoms with Gasteiger partial charge in [-0.1, -0.05) is 12.8 Å². The Labute approximate surface area is 126 Å². The van der Waals surface area contributed by atoms with E-state index >= 15 is 0 Å². The maximum absolute atomic E-state index is 4.74. The lowest BCUT2D eigenvalue weighted by Gasteiger charge is -2.41. The van der Waals surface area contributed by atoms with Crippen molar-refractivity contribution < 1.29 is 0 Å². The van der Waals surface area contributed by atoms with Crippen molar-refractivity contribution in [3.63, 3.8) is 0 Å². The summed E-state index contributed by atoms with van der Waals surface area (Å²) in [4.78, 5) is 7.31. The van der Waals surface area contributed by atoms with Crippen molar-refractivity contribution in [3.05, 3.63) is 23.5 Å². The molecule has 4 rings (SSSR count). The van der Waals surface area contributed by atoms with Crippen LogP contribution < -0.4 is 0 Å². The maximum atomic E-state index is 4.74. The SMILES string of the molecule is Cc1nn(C)c2ncc([C@@]34CCCC[C@@H]3N(C)CC4)cc12. The van der Waals surface area contributed by atoms with Crippen molar-refractivity contribution in [3.8, 4) is 0 Å². The van der Waals surface area contributed by atoms with Gasteiger partial charge in [0.15, 0.2) is 5.65 Å². The van der Waals surface area contributed by atoms with Gasteiger partial charge >= 0.3 is 0 Å². The Balaban J connectivity index is 1.86. The van der Waals surface area contributed by atoms with E-state index in [0.29, 0.717) is 11.5 Å². The summed E-state index contributed by atoms with van der Waals surface area (Å²) in [5.41, 5.74) is 3.87. The van der Waals surface area contributed by atoms with Crippen LogP contribution in [0.15, 0.2) is 12.3 Å². The van der Waals surface area contributed by atoms with Gasteiger partial charge in [0.1, 0.15) is 0 Å². The van der Waals surface area contributed by atoms with E-state index in [1.165, 1.54) is 49.6 Å². The molecule has 0 amide bonds. The van der Waals surface area contributed by atoms with Gasteiger partial charge in [0, 0.05) is 30.1 Å². The zero-order chi connectivity index (χ0) is 14.6. The van der Waals surface area contributed by atoms with Crippen molar-refractivity contribution in [2.75, 3.05) is 13.6 Å². The van der Waals surface area contributed by atoms with E-state index in [-0.39, 0.29) is 0 Å². The highest BCUT2D eigenvalue weighted by atomic mass is 15.3. The average molecular weight is 284 g/mol. The molecule has 1 saturated heterocycles. The third-order valence-corrected chi connectivity index (χ3v) is 5.87.